The first kappa shape index (κ1) is 14.7. The van der Waals surface area contributed by atoms with Gasteiger partial charge < -0.3 is 5.32 Å². The quantitative estimate of drug-likeness (QED) is 0.499. The lowest BCUT2D eigenvalue weighted by Gasteiger charge is -2.05. The predicted molar refractivity (Wildman–Crippen MR) is 77.3 cm³/mol. The molecule has 1 rings (SSSR count). The van der Waals surface area contributed by atoms with Crippen LogP contribution >= 0.6 is 0 Å². The Morgan fingerprint density at radius 2 is 2.05 bits per heavy atom. The predicted octanol–water partition coefficient (Wildman–Crippen LogP) is 3.02. The summed E-state index contributed by atoms with van der Waals surface area (Å²) in [4.78, 5) is 11.7. The fourth-order valence-corrected chi connectivity index (χ4v) is 1.55. The molecular formula is C16H18N2O. The van der Waals surface area contributed by atoms with Crippen molar-refractivity contribution in [3.63, 3.8) is 0 Å². The number of nitrogens with one attached hydrogen (secondary N) is 1. The molecule has 0 radical (unpaired) electrons. The summed E-state index contributed by atoms with van der Waals surface area (Å²) in [7, 11) is 0. The highest BCUT2D eigenvalue weighted by Gasteiger charge is 2.07. The molecule has 0 unspecified atom stereocenters. The van der Waals surface area contributed by atoms with Gasteiger partial charge >= 0.3 is 0 Å². The highest BCUT2D eigenvalue weighted by Crippen LogP contribution is 2.16. The summed E-state index contributed by atoms with van der Waals surface area (Å²) < 4.78 is 0. The van der Waals surface area contributed by atoms with E-state index in [0.717, 1.165) is 5.56 Å². The van der Waals surface area contributed by atoms with Crippen LogP contribution in [0.5, 0.6) is 0 Å². The van der Waals surface area contributed by atoms with Crippen molar-refractivity contribution < 1.29 is 4.79 Å². The third-order valence-corrected chi connectivity index (χ3v) is 2.69. The van der Waals surface area contributed by atoms with E-state index in [-0.39, 0.29) is 11.5 Å². The minimum atomic E-state index is -0.379. The summed E-state index contributed by atoms with van der Waals surface area (Å²) in [5.74, 6) is 0.0830. The lowest BCUT2D eigenvalue weighted by atomic mass is 10.0. The first-order valence-corrected chi connectivity index (χ1v) is 6.19. The molecule has 1 N–H and O–H groups in total. The highest BCUT2D eigenvalue weighted by atomic mass is 16.1. The standard InChI is InChI=1S/C16H18N2O/c1-4-9-18-16(19)15(11-17)10-13-5-7-14(8-6-13)12(2)3/h4-8,10,12H,1,9H2,2-3H3,(H,18,19)/b15-10-. The number of rotatable bonds is 5. The molecule has 1 amide bonds. The van der Waals surface area contributed by atoms with E-state index < -0.39 is 0 Å². The average molecular weight is 254 g/mol. The second-order valence-corrected chi connectivity index (χ2v) is 4.49. The largest absolute Gasteiger partial charge is 0.348 e. The van der Waals surface area contributed by atoms with Crippen molar-refractivity contribution in [1.82, 2.24) is 5.32 Å². The van der Waals surface area contributed by atoms with Crippen molar-refractivity contribution in [2.45, 2.75) is 19.8 Å². The SMILES string of the molecule is C=CCNC(=O)/C(C#N)=C\c1ccc(C(C)C)cc1. The van der Waals surface area contributed by atoms with Crippen molar-refractivity contribution in [2.24, 2.45) is 0 Å². The summed E-state index contributed by atoms with van der Waals surface area (Å²) in [6.45, 7) is 8.10. The number of hydrogen-bond acceptors (Lipinski definition) is 2. The first-order chi connectivity index (χ1) is 9.08. The third-order valence-electron chi connectivity index (χ3n) is 2.69. The van der Waals surface area contributed by atoms with Gasteiger partial charge in [-0.05, 0) is 23.1 Å². The summed E-state index contributed by atoms with van der Waals surface area (Å²) in [6.07, 6.45) is 3.16. The molecule has 0 aromatic heterocycles. The number of hydrogen-bond donors (Lipinski definition) is 1. The zero-order valence-electron chi connectivity index (χ0n) is 11.3. The van der Waals surface area contributed by atoms with E-state index in [1.807, 2.05) is 30.3 Å². The van der Waals surface area contributed by atoms with Crippen molar-refractivity contribution in [3.05, 3.63) is 53.6 Å². The lowest BCUT2D eigenvalue weighted by molar-refractivity contribution is -0.116. The maximum Gasteiger partial charge on any atom is 0.262 e. The molecular weight excluding hydrogens is 236 g/mol. The van der Waals surface area contributed by atoms with E-state index in [2.05, 4.69) is 25.7 Å². The topological polar surface area (TPSA) is 52.9 Å². The van der Waals surface area contributed by atoms with E-state index in [0.29, 0.717) is 12.5 Å². The zero-order valence-corrected chi connectivity index (χ0v) is 11.3. The molecule has 0 saturated carbocycles. The van der Waals surface area contributed by atoms with Gasteiger partial charge in [0, 0.05) is 6.54 Å². The maximum absolute atomic E-state index is 11.7. The molecule has 0 aliphatic carbocycles. The fraction of sp³-hybridized carbons (Fsp3) is 0.250. The molecule has 1 aromatic rings. The minimum Gasteiger partial charge on any atom is -0.348 e. The van der Waals surface area contributed by atoms with Gasteiger partial charge in [-0.15, -0.1) is 6.58 Å². The smallest absolute Gasteiger partial charge is 0.262 e. The van der Waals surface area contributed by atoms with Gasteiger partial charge in [-0.3, -0.25) is 4.79 Å². The van der Waals surface area contributed by atoms with Gasteiger partial charge in [0.1, 0.15) is 11.6 Å². The molecule has 0 saturated heterocycles. The van der Waals surface area contributed by atoms with Crippen LogP contribution in [-0.2, 0) is 4.79 Å². The molecule has 0 atom stereocenters. The summed E-state index contributed by atoms with van der Waals surface area (Å²) >= 11 is 0. The van der Waals surface area contributed by atoms with Crippen LogP contribution < -0.4 is 5.32 Å². The van der Waals surface area contributed by atoms with Gasteiger partial charge in [0.2, 0.25) is 0 Å². The van der Waals surface area contributed by atoms with Crippen LogP contribution in [0, 0.1) is 11.3 Å². The normalized spacial score (nSPS) is 10.9. The van der Waals surface area contributed by atoms with E-state index in [4.69, 9.17) is 5.26 Å². The monoisotopic (exact) mass is 254 g/mol. The third kappa shape index (κ3) is 4.44. The molecule has 0 heterocycles. The molecule has 0 spiro atoms. The van der Waals surface area contributed by atoms with Gasteiger partial charge in [0.15, 0.2) is 0 Å². The Morgan fingerprint density at radius 3 is 2.53 bits per heavy atom. The van der Waals surface area contributed by atoms with Gasteiger partial charge in [-0.2, -0.15) is 5.26 Å². The Morgan fingerprint density at radius 1 is 1.42 bits per heavy atom. The molecule has 0 aliphatic rings. The van der Waals surface area contributed by atoms with Crippen LogP contribution in [-0.4, -0.2) is 12.5 Å². The van der Waals surface area contributed by atoms with E-state index >= 15 is 0 Å². The Balaban J connectivity index is 2.89. The highest BCUT2D eigenvalue weighted by molar-refractivity contribution is 6.01. The van der Waals surface area contributed by atoms with Gasteiger partial charge in [-0.1, -0.05) is 44.2 Å². The fourth-order valence-electron chi connectivity index (χ4n) is 1.55. The molecule has 0 aliphatic heterocycles. The Kier molecular flexibility index (Phi) is 5.56. The van der Waals surface area contributed by atoms with Crippen molar-refractivity contribution in [1.29, 1.82) is 5.26 Å². The summed E-state index contributed by atoms with van der Waals surface area (Å²) in [5.41, 5.74) is 2.17. The second-order valence-electron chi connectivity index (χ2n) is 4.49. The van der Waals surface area contributed by atoms with Crippen LogP contribution in [0.3, 0.4) is 0 Å². The Labute approximate surface area is 114 Å². The molecule has 3 nitrogen and oxygen atoms in total. The Bertz CT molecular complexity index is 519. The average Bonchev–Trinajstić information content (AvgIpc) is 2.42. The van der Waals surface area contributed by atoms with Gasteiger partial charge in [0.25, 0.3) is 5.91 Å². The van der Waals surface area contributed by atoms with Crippen molar-refractivity contribution in [2.75, 3.05) is 6.54 Å². The minimum absolute atomic E-state index is 0.0964. The van der Waals surface area contributed by atoms with Crippen LogP contribution in [0.2, 0.25) is 0 Å². The molecule has 0 bridgehead atoms. The van der Waals surface area contributed by atoms with Crippen LogP contribution in [0.15, 0.2) is 42.5 Å². The number of nitriles is 1. The van der Waals surface area contributed by atoms with E-state index in [9.17, 15) is 4.79 Å². The van der Waals surface area contributed by atoms with Crippen LogP contribution in [0.4, 0.5) is 0 Å². The number of carbonyl (C=O) groups is 1. The number of amides is 1. The van der Waals surface area contributed by atoms with E-state index in [1.165, 1.54) is 5.56 Å². The van der Waals surface area contributed by atoms with Crippen LogP contribution in [0.25, 0.3) is 6.08 Å². The van der Waals surface area contributed by atoms with Gasteiger partial charge in [-0.25, -0.2) is 0 Å². The molecule has 1 aromatic carbocycles. The van der Waals surface area contributed by atoms with Crippen LogP contribution in [0.1, 0.15) is 30.9 Å². The van der Waals surface area contributed by atoms with Crippen molar-refractivity contribution >= 4 is 12.0 Å². The molecule has 19 heavy (non-hydrogen) atoms. The number of carbonyl (C=O) groups excluding carboxylic acids is 1. The van der Waals surface area contributed by atoms with E-state index in [1.54, 1.807) is 12.2 Å². The second kappa shape index (κ2) is 7.17. The summed E-state index contributed by atoms with van der Waals surface area (Å²) in [6, 6.07) is 9.75. The number of nitrogens with zero attached hydrogens (tertiary/aromatic N) is 1. The first-order valence-electron chi connectivity index (χ1n) is 6.19. The summed E-state index contributed by atoms with van der Waals surface area (Å²) in [5, 5.41) is 11.6. The molecule has 3 heteroatoms. The lowest BCUT2D eigenvalue weighted by Crippen LogP contribution is -2.24. The number of benzene rings is 1. The Hall–Kier alpha value is -2.34. The maximum atomic E-state index is 11.7. The van der Waals surface area contributed by atoms with Gasteiger partial charge in [0.05, 0.1) is 0 Å². The zero-order chi connectivity index (χ0) is 14.3. The molecule has 98 valence electrons. The van der Waals surface area contributed by atoms with Crippen molar-refractivity contribution in [3.8, 4) is 6.07 Å². The molecule has 0 fully saturated rings.